The monoisotopic (exact) mass is 443 g/mol. The summed E-state index contributed by atoms with van der Waals surface area (Å²) in [4.78, 5) is 30.2. The first-order valence-electron chi connectivity index (χ1n) is 10.1. The van der Waals surface area contributed by atoms with Crippen molar-refractivity contribution in [3.8, 4) is 17.3 Å². The second-order valence-corrected chi connectivity index (χ2v) is 8.53. The van der Waals surface area contributed by atoms with Crippen LogP contribution in [0.2, 0.25) is 0 Å². The van der Waals surface area contributed by atoms with Gasteiger partial charge in [-0.1, -0.05) is 60.2 Å². The third-order valence-electron chi connectivity index (χ3n) is 5.55. The lowest BCUT2D eigenvalue weighted by atomic mass is 9.75. The molecule has 32 heavy (non-hydrogen) atoms. The van der Waals surface area contributed by atoms with E-state index in [4.69, 9.17) is 5.73 Å². The van der Waals surface area contributed by atoms with Crippen molar-refractivity contribution in [1.82, 2.24) is 4.98 Å². The van der Waals surface area contributed by atoms with Crippen LogP contribution in [0, 0.1) is 30.1 Å². The van der Waals surface area contributed by atoms with Gasteiger partial charge in [-0.15, -0.1) is 11.3 Å². The van der Waals surface area contributed by atoms with E-state index in [2.05, 4.69) is 10.1 Å². The molecule has 0 unspecified atom stereocenters. The Morgan fingerprint density at radius 2 is 1.84 bits per heavy atom. The van der Waals surface area contributed by atoms with Gasteiger partial charge in [0.15, 0.2) is 0 Å². The molecule has 160 valence electrons. The predicted molar refractivity (Wildman–Crippen MR) is 124 cm³/mol. The number of rotatable bonds is 6. The average molecular weight is 444 g/mol. The maximum Gasteiger partial charge on any atom is 0.259 e. The molecule has 2 amide bonds. The van der Waals surface area contributed by atoms with E-state index in [0.717, 1.165) is 16.8 Å². The van der Waals surface area contributed by atoms with Crippen molar-refractivity contribution in [1.29, 1.82) is 5.26 Å². The molecule has 0 fully saturated rings. The van der Waals surface area contributed by atoms with Crippen molar-refractivity contribution in [2.75, 3.05) is 5.01 Å². The number of amides is 2. The van der Waals surface area contributed by atoms with Gasteiger partial charge in [0.1, 0.15) is 5.92 Å². The van der Waals surface area contributed by atoms with Gasteiger partial charge < -0.3 is 5.73 Å². The molecule has 4 rings (SSSR count). The smallest absolute Gasteiger partial charge is 0.259 e. The molecular weight excluding hydrogens is 422 g/mol. The summed E-state index contributed by atoms with van der Waals surface area (Å²) >= 11 is 1.31. The van der Waals surface area contributed by atoms with Crippen LogP contribution in [0.3, 0.4) is 0 Å². The first-order valence-corrected chi connectivity index (χ1v) is 10.9. The minimum absolute atomic E-state index is 0.331. The fourth-order valence-electron chi connectivity index (χ4n) is 3.92. The maximum atomic E-state index is 13.5. The van der Waals surface area contributed by atoms with Gasteiger partial charge in [0.2, 0.25) is 11.0 Å². The molecule has 2 N–H and O–H groups in total. The molecule has 0 bridgehead atoms. The molecule has 2 aromatic carbocycles. The van der Waals surface area contributed by atoms with E-state index in [9.17, 15) is 14.9 Å². The normalized spacial score (nSPS) is 17.5. The molecule has 1 aliphatic rings. The van der Waals surface area contributed by atoms with Crippen LogP contribution in [-0.2, 0) is 9.59 Å². The number of thiazole rings is 1. The van der Waals surface area contributed by atoms with Gasteiger partial charge in [-0.25, -0.2) is 4.98 Å². The topological polar surface area (TPSA) is 112 Å². The van der Waals surface area contributed by atoms with Crippen molar-refractivity contribution >= 4 is 34.0 Å². The number of benzene rings is 2. The summed E-state index contributed by atoms with van der Waals surface area (Å²) in [6, 6.07) is 19.0. The van der Waals surface area contributed by atoms with Crippen LogP contribution in [0.15, 0.2) is 65.1 Å². The summed E-state index contributed by atoms with van der Waals surface area (Å²) in [5.74, 6) is -3.80. The molecule has 2 heterocycles. The first-order chi connectivity index (χ1) is 15.4. The number of hydrogen-bond donors (Lipinski definition) is 1. The second kappa shape index (κ2) is 8.73. The van der Waals surface area contributed by atoms with Crippen molar-refractivity contribution in [3.63, 3.8) is 0 Å². The SMILES string of the molecule is CC1=NN(c2nc(-c3ccc(C)cc3)cs2)C(=O)[C@H]1[C@@H](c1ccccc1)[C@@H](C#N)C(N)=O. The van der Waals surface area contributed by atoms with E-state index < -0.39 is 23.7 Å². The summed E-state index contributed by atoms with van der Waals surface area (Å²) in [6.07, 6.45) is 0. The van der Waals surface area contributed by atoms with E-state index in [1.165, 1.54) is 16.3 Å². The van der Waals surface area contributed by atoms with Crippen LogP contribution in [0.1, 0.15) is 24.0 Å². The van der Waals surface area contributed by atoms with Crippen molar-refractivity contribution in [2.24, 2.45) is 22.7 Å². The van der Waals surface area contributed by atoms with Gasteiger partial charge >= 0.3 is 0 Å². The van der Waals surface area contributed by atoms with Gasteiger partial charge in [0.05, 0.1) is 17.7 Å². The lowest BCUT2D eigenvalue weighted by Gasteiger charge is -2.25. The highest BCUT2D eigenvalue weighted by Gasteiger charge is 2.46. The molecule has 1 aromatic heterocycles. The van der Waals surface area contributed by atoms with E-state index >= 15 is 0 Å². The first kappa shape index (κ1) is 21.4. The highest BCUT2D eigenvalue weighted by atomic mass is 32.1. The van der Waals surface area contributed by atoms with Gasteiger partial charge in [0, 0.05) is 22.6 Å². The zero-order valence-corrected chi connectivity index (χ0v) is 18.4. The molecule has 3 atom stereocenters. The van der Waals surface area contributed by atoms with Crippen LogP contribution in [-0.4, -0.2) is 22.5 Å². The average Bonchev–Trinajstić information content (AvgIpc) is 3.38. The largest absolute Gasteiger partial charge is 0.369 e. The zero-order chi connectivity index (χ0) is 22.8. The highest BCUT2D eigenvalue weighted by molar-refractivity contribution is 7.14. The molecule has 7 nitrogen and oxygen atoms in total. The van der Waals surface area contributed by atoms with Crippen LogP contribution in [0.5, 0.6) is 0 Å². The Labute approximate surface area is 189 Å². The number of nitriles is 1. The van der Waals surface area contributed by atoms with E-state index in [1.807, 2.05) is 48.7 Å². The number of carbonyl (C=O) groups is 2. The quantitative estimate of drug-likeness (QED) is 0.623. The number of anilines is 1. The molecule has 0 saturated carbocycles. The molecule has 0 spiro atoms. The molecule has 0 saturated heterocycles. The molecular formula is C24H21N5O2S. The standard InChI is InChI=1S/C24H21N5O2S/c1-14-8-10-16(11-9-14)19-13-32-24(27-19)29-23(31)20(15(2)28-29)21(18(12-25)22(26)30)17-6-4-3-5-7-17/h3-11,13,18,20-21H,1-2H3,(H2,26,30)/t18-,20-,21+/m1/s1. The minimum Gasteiger partial charge on any atom is -0.369 e. The molecule has 0 aliphatic carbocycles. The number of nitrogens with two attached hydrogens (primary N) is 1. The summed E-state index contributed by atoms with van der Waals surface area (Å²) in [6.45, 7) is 3.74. The van der Waals surface area contributed by atoms with E-state index in [-0.39, 0.29) is 5.91 Å². The van der Waals surface area contributed by atoms with Crippen LogP contribution >= 0.6 is 11.3 Å². The van der Waals surface area contributed by atoms with Crippen molar-refractivity contribution < 1.29 is 9.59 Å². The van der Waals surface area contributed by atoms with Crippen LogP contribution < -0.4 is 10.7 Å². The predicted octanol–water partition coefficient (Wildman–Crippen LogP) is 3.87. The maximum absolute atomic E-state index is 13.5. The number of carbonyl (C=O) groups excluding carboxylic acids is 2. The lowest BCUT2D eigenvalue weighted by Crippen LogP contribution is -2.38. The number of nitrogens with zero attached hydrogens (tertiary/aromatic N) is 4. The third-order valence-corrected chi connectivity index (χ3v) is 6.37. The molecule has 3 aromatic rings. The van der Waals surface area contributed by atoms with Gasteiger partial charge in [-0.3, -0.25) is 9.59 Å². The fourth-order valence-corrected chi connectivity index (χ4v) is 4.71. The molecule has 1 aliphatic heterocycles. The molecule has 8 heteroatoms. The Morgan fingerprint density at radius 3 is 2.47 bits per heavy atom. The Bertz CT molecular complexity index is 1230. The fraction of sp³-hybridized carbons (Fsp3) is 0.208. The zero-order valence-electron chi connectivity index (χ0n) is 17.6. The number of hydrazone groups is 1. The van der Waals surface area contributed by atoms with Gasteiger partial charge in [0.25, 0.3) is 5.91 Å². The second-order valence-electron chi connectivity index (χ2n) is 7.70. The van der Waals surface area contributed by atoms with Crippen LogP contribution in [0.25, 0.3) is 11.3 Å². The molecule has 0 radical (unpaired) electrons. The highest BCUT2D eigenvalue weighted by Crippen LogP contribution is 2.39. The minimum atomic E-state index is -1.17. The third kappa shape index (κ3) is 3.90. The number of aromatic nitrogens is 1. The Morgan fingerprint density at radius 1 is 1.16 bits per heavy atom. The van der Waals surface area contributed by atoms with E-state index in [1.54, 1.807) is 31.2 Å². The Hall–Kier alpha value is -3.83. The van der Waals surface area contributed by atoms with Crippen molar-refractivity contribution in [2.45, 2.75) is 19.8 Å². The van der Waals surface area contributed by atoms with Gasteiger partial charge in [-0.05, 0) is 19.4 Å². The number of aryl methyl sites for hydroxylation is 1. The summed E-state index contributed by atoms with van der Waals surface area (Å²) in [7, 11) is 0. The van der Waals surface area contributed by atoms with Crippen molar-refractivity contribution in [3.05, 3.63) is 71.1 Å². The van der Waals surface area contributed by atoms with Crippen LogP contribution in [0.4, 0.5) is 5.13 Å². The number of primary amides is 1. The summed E-state index contributed by atoms with van der Waals surface area (Å²) in [5, 5.41) is 17.7. The van der Waals surface area contributed by atoms with E-state index in [0.29, 0.717) is 16.4 Å². The Kier molecular flexibility index (Phi) is 5.84. The number of hydrogen-bond acceptors (Lipinski definition) is 6. The lowest BCUT2D eigenvalue weighted by molar-refractivity contribution is -0.123. The Balaban J connectivity index is 1.69. The van der Waals surface area contributed by atoms with Gasteiger partial charge in [-0.2, -0.15) is 15.4 Å². The summed E-state index contributed by atoms with van der Waals surface area (Å²) < 4.78 is 0. The summed E-state index contributed by atoms with van der Waals surface area (Å²) in [5.41, 5.74) is 9.58.